The minimum Gasteiger partial charge on any atom is -0.378 e. The number of aryl methyl sites for hydroxylation is 1. The summed E-state index contributed by atoms with van der Waals surface area (Å²) in [6, 6.07) is 0.527. The lowest BCUT2D eigenvalue weighted by Gasteiger charge is -2.37. The second-order valence-electron chi connectivity index (χ2n) is 5.56. The molecule has 19 heavy (non-hydrogen) atoms. The highest BCUT2D eigenvalue weighted by atomic mass is 16.6. The fraction of sp³-hybridized carbons (Fsp3) is 0.846. The molecule has 3 rings (SSSR count). The smallest absolute Gasteiger partial charge is 0.151 e. The third-order valence-corrected chi connectivity index (χ3v) is 3.99. The van der Waals surface area contributed by atoms with E-state index in [1.54, 1.807) is 11.0 Å². The number of nitrogens with zero attached hydrogens (tertiary/aromatic N) is 3. The van der Waals surface area contributed by atoms with Crippen LogP contribution >= 0.6 is 0 Å². The van der Waals surface area contributed by atoms with E-state index in [1.165, 1.54) is 0 Å². The molecule has 1 aromatic heterocycles. The molecule has 0 saturated carbocycles. The van der Waals surface area contributed by atoms with Gasteiger partial charge < -0.3 is 14.8 Å². The molecule has 2 saturated heterocycles. The molecular weight excluding hydrogens is 244 g/mol. The minimum atomic E-state index is -0.0147. The first kappa shape index (κ1) is 13.0. The molecular formula is C13H22N4O2. The number of nitrogens with one attached hydrogen (secondary N) is 1. The molecule has 1 spiro atoms. The molecule has 0 amide bonds. The van der Waals surface area contributed by atoms with Crippen LogP contribution in [0.2, 0.25) is 0 Å². The van der Waals surface area contributed by atoms with E-state index in [2.05, 4.69) is 15.4 Å². The van der Waals surface area contributed by atoms with Crippen LogP contribution in [-0.4, -0.2) is 52.8 Å². The molecule has 2 fully saturated rings. The maximum atomic E-state index is 5.93. The summed E-state index contributed by atoms with van der Waals surface area (Å²) >= 11 is 0. The van der Waals surface area contributed by atoms with Gasteiger partial charge in [0.05, 0.1) is 12.2 Å². The van der Waals surface area contributed by atoms with Gasteiger partial charge in [-0.2, -0.15) is 5.10 Å². The predicted octanol–water partition coefficient (Wildman–Crippen LogP) is 0.285. The van der Waals surface area contributed by atoms with Gasteiger partial charge >= 0.3 is 0 Å². The lowest BCUT2D eigenvalue weighted by atomic mass is 9.89. The van der Waals surface area contributed by atoms with Crippen molar-refractivity contribution in [3.63, 3.8) is 0 Å². The molecule has 0 aliphatic carbocycles. The van der Waals surface area contributed by atoms with Crippen LogP contribution in [0.5, 0.6) is 0 Å². The van der Waals surface area contributed by atoms with Crippen LogP contribution in [0.25, 0.3) is 0 Å². The lowest BCUT2D eigenvalue weighted by molar-refractivity contribution is -0.0891. The number of hydrogen-bond donors (Lipinski definition) is 1. The normalized spacial score (nSPS) is 31.1. The SMILES string of the molecule is Cn1cnc(CCNC2CCOC3(CCOC3)C2)n1. The van der Waals surface area contributed by atoms with Gasteiger partial charge in [0.1, 0.15) is 6.33 Å². The van der Waals surface area contributed by atoms with Crippen LogP contribution < -0.4 is 5.32 Å². The first-order valence-corrected chi connectivity index (χ1v) is 7.05. The Morgan fingerprint density at radius 2 is 2.47 bits per heavy atom. The second-order valence-corrected chi connectivity index (χ2v) is 5.56. The van der Waals surface area contributed by atoms with Crippen molar-refractivity contribution in [2.75, 3.05) is 26.4 Å². The van der Waals surface area contributed by atoms with Gasteiger partial charge in [-0.25, -0.2) is 4.98 Å². The Bertz CT molecular complexity index is 415. The maximum Gasteiger partial charge on any atom is 0.151 e. The average molecular weight is 266 g/mol. The summed E-state index contributed by atoms with van der Waals surface area (Å²) < 4.78 is 13.2. The van der Waals surface area contributed by atoms with Crippen molar-refractivity contribution < 1.29 is 9.47 Å². The van der Waals surface area contributed by atoms with E-state index >= 15 is 0 Å². The van der Waals surface area contributed by atoms with Gasteiger partial charge in [-0.15, -0.1) is 0 Å². The van der Waals surface area contributed by atoms with Crippen molar-refractivity contribution in [3.05, 3.63) is 12.2 Å². The predicted molar refractivity (Wildman–Crippen MR) is 69.9 cm³/mol. The highest BCUT2D eigenvalue weighted by Gasteiger charge is 2.40. The highest BCUT2D eigenvalue weighted by molar-refractivity contribution is 4.93. The largest absolute Gasteiger partial charge is 0.378 e. The molecule has 1 aromatic rings. The summed E-state index contributed by atoms with van der Waals surface area (Å²) in [5, 5.41) is 7.89. The zero-order chi connectivity index (χ0) is 13.1. The van der Waals surface area contributed by atoms with Gasteiger partial charge in [0.15, 0.2) is 5.82 Å². The van der Waals surface area contributed by atoms with Gasteiger partial charge in [-0.1, -0.05) is 0 Å². The van der Waals surface area contributed by atoms with E-state index in [0.29, 0.717) is 6.04 Å². The number of ether oxygens (including phenoxy) is 2. The summed E-state index contributed by atoms with van der Waals surface area (Å²) in [5.74, 6) is 0.904. The fourth-order valence-corrected chi connectivity index (χ4v) is 2.95. The molecule has 2 atom stereocenters. The van der Waals surface area contributed by atoms with E-state index in [9.17, 15) is 0 Å². The molecule has 0 aromatic carbocycles. The van der Waals surface area contributed by atoms with Crippen LogP contribution in [0.3, 0.4) is 0 Å². The molecule has 2 aliphatic heterocycles. The fourth-order valence-electron chi connectivity index (χ4n) is 2.95. The first-order valence-electron chi connectivity index (χ1n) is 7.05. The zero-order valence-electron chi connectivity index (χ0n) is 11.5. The Kier molecular flexibility index (Phi) is 3.81. The summed E-state index contributed by atoms with van der Waals surface area (Å²) in [6.45, 7) is 3.35. The van der Waals surface area contributed by atoms with Crippen molar-refractivity contribution >= 4 is 0 Å². The van der Waals surface area contributed by atoms with Crippen molar-refractivity contribution in [3.8, 4) is 0 Å². The third kappa shape index (κ3) is 3.13. The van der Waals surface area contributed by atoms with Crippen molar-refractivity contribution in [2.24, 2.45) is 7.05 Å². The van der Waals surface area contributed by atoms with Crippen LogP contribution in [-0.2, 0) is 22.9 Å². The molecule has 3 heterocycles. The minimum absolute atomic E-state index is 0.0147. The Morgan fingerprint density at radius 3 is 3.21 bits per heavy atom. The second kappa shape index (κ2) is 5.56. The molecule has 0 radical (unpaired) electrons. The van der Waals surface area contributed by atoms with Gasteiger partial charge in [-0.05, 0) is 12.8 Å². The topological polar surface area (TPSA) is 61.2 Å². The lowest BCUT2D eigenvalue weighted by Crippen LogP contribution is -2.47. The maximum absolute atomic E-state index is 5.93. The molecule has 6 nitrogen and oxygen atoms in total. The first-order chi connectivity index (χ1) is 9.26. The monoisotopic (exact) mass is 266 g/mol. The molecule has 106 valence electrons. The quantitative estimate of drug-likeness (QED) is 0.848. The molecule has 2 unspecified atom stereocenters. The number of rotatable bonds is 4. The summed E-state index contributed by atoms with van der Waals surface area (Å²) in [7, 11) is 1.90. The van der Waals surface area contributed by atoms with Gasteiger partial charge in [-0.3, -0.25) is 4.68 Å². The van der Waals surface area contributed by atoms with Gasteiger partial charge in [0, 0.05) is 45.7 Å². The zero-order valence-corrected chi connectivity index (χ0v) is 11.5. The van der Waals surface area contributed by atoms with E-state index in [0.717, 1.165) is 57.9 Å². The standard InChI is InChI=1S/C13H22N4O2/c1-17-10-15-12(16-17)2-5-14-11-3-6-19-13(8-11)4-7-18-9-13/h10-11,14H,2-9H2,1H3. The number of aromatic nitrogens is 3. The average Bonchev–Trinajstić information content (AvgIpc) is 3.00. The summed E-state index contributed by atoms with van der Waals surface area (Å²) in [4.78, 5) is 4.24. The third-order valence-electron chi connectivity index (χ3n) is 3.99. The van der Waals surface area contributed by atoms with Crippen LogP contribution in [0.15, 0.2) is 6.33 Å². The molecule has 2 aliphatic rings. The van der Waals surface area contributed by atoms with Crippen LogP contribution in [0.1, 0.15) is 25.1 Å². The Hall–Kier alpha value is -0.980. The van der Waals surface area contributed by atoms with Crippen molar-refractivity contribution in [1.82, 2.24) is 20.1 Å². The summed E-state index contributed by atoms with van der Waals surface area (Å²) in [5.41, 5.74) is -0.0147. The Morgan fingerprint density at radius 1 is 1.53 bits per heavy atom. The van der Waals surface area contributed by atoms with Crippen LogP contribution in [0, 0.1) is 0 Å². The van der Waals surface area contributed by atoms with E-state index in [4.69, 9.17) is 9.47 Å². The molecule has 6 heteroatoms. The number of hydrogen-bond acceptors (Lipinski definition) is 5. The van der Waals surface area contributed by atoms with Crippen molar-refractivity contribution in [1.29, 1.82) is 0 Å². The highest BCUT2D eigenvalue weighted by Crippen LogP contribution is 2.32. The van der Waals surface area contributed by atoms with E-state index in [-0.39, 0.29) is 5.60 Å². The molecule has 0 bridgehead atoms. The van der Waals surface area contributed by atoms with E-state index < -0.39 is 0 Å². The van der Waals surface area contributed by atoms with Crippen molar-refractivity contribution in [2.45, 2.75) is 37.3 Å². The van der Waals surface area contributed by atoms with Gasteiger partial charge in [0.2, 0.25) is 0 Å². The Labute approximate surface area is 113 Å². The Balaban J connectivity index is 1.45. The van der Waals surface area contributed by atoms with Crippen LogP contribution in [0.4, 0.5) is 0 Å². The van der Waals surface area contributed by atoms with E-state index in [1.807, 2.05) is 7.05 Å². The molecule has 1 N–H and O–H groups in total. The van der Waals surface area contributed by atoms with Gasteiger partial charge in [0.25, 0.3) is 0 Å². The summed E-state index contributed by atoms with van der Waals surface area (Å²) in [6.07, 6.45) is 5.79.